The maximum Gasteiger partial charge on any atom is 0.319 e. The molecule has 134 valence electrons. The number of urea groups is 1. The zero-order valence-corrected chi connectivity index (χ0v) is 14.2. The average Bonchev–Trinajstić information content (AvgIpc) is 3.15. The van der Waals surface area contributed by atoms with Crippen molar-refractivity contribution in [1.29, 1.82) is 0 Å². The van der Waals surface area contributed by atoms with Gasteiger partial charge in [-0.05, 0) is 43.0 Å². The van der Waals surface area contributed by atoms with Crippen molar-refractivity contribution in [3.05, 3.63) is 54.0 Å². The highest BCUT2D eigenvalue weighted by Crippen LogP contribution is 2.15. The van der Waals surface area contributed by atoms with Gasteiger partial charge in [0.1, 0.15) is 0 Å². The van der Waals surface area contributed by atoms with Gasteiger partial charge in [0.25, 0.3) is 0 Å². The summed E-state index contributed by atoms with van der Waals surface area (Å²) in [5, 5.41) is 5.60. The smallest absolute Gasteiger partial charge is 0.319 e. The zero-order valence-electron chi connectivity index (χ0n) is 14.2. The van der Waals surface area contributed by atoms with Gasteiger partial charge in [-0.1, -0.05) is 12.1 Å². The Morgan fingerprint density at radius 1 is 1.24 bits per heavy atom. The average molecular weight is 344 g/mol. The van der Waals surface area contributed by atoms with Crippen LogP contribution in [-0.2, 0) is 22.6 Å². The minimum atomic E-state index is -0.255. The van der Waals surface area contributed by atoms with Crippen molar-refractivity contribution in [2.75, 3.05) is 18.5 Å². The molecule has 2 N–H and O–H groups in total. The van der Waals surface area contributed by atoms with Gasteiger partial charge in [-0.3, -0.25) is 0 Å². The number of ether oxygens (including phenoxy) is 2. The summed E-state index contributed by atoms with van der Waals surface area (Å²) >= 11 is 0. The number of rotatable bonds is 7. The van der Waals surface area contributed by atoms with Crippen molar-refractivity contribution in [3.63, 3.8) is 0 Å². The molecule has 3 rings (SSSR count). The quantitative estimate of drug-likeness (QED) is 0.803. The molecular formula is C19H24N2O4. The molecule has 0 radical (unpaired) electrons. The molecule has 2 amide bonds. The van der Waals surface area contributed by atoms with Gasteiger partial charge in [-0.15, -0.1) is 0 Å². The monoisotopic (exact) mass is 344 g/mol. The first kappa shape index (κ1) is 17.5. The molecule has 2 heterocycles. The molecule has 1 fully saturated rings. The summed E-state index contributed by atoms with van der Waals surface area (Å²) in [7, 11) is 0. The summed E-state index contributed by atoms with van der Waals surface area (Å²) in [6.45, 7) is 2.38. The summed E-state index contributed by atoms with van der Waals surface area (Å²) < 4.78 is 16.4. The molecule has 1 aliphatic heterocycles. The molecule has 1 unspecified atom stereocenters. The van der Waals surface area contributed by atoms with E-state index in [4.69, 9.17) is 13.9 Å². The van der Waals surface area contributed by atoms with Crippen LogP contribution in [0.3, 0.4) is 0 Å². The van der Waals surface area contributed by atoms with E-state index in [-0.39, 0.29) is 12.1 Å². The van der Waals surface area contributed by atoms with Crippen LogP contribution in [0.15, 0.2) is 47.3 Å². The number of hydrogen-bond donors (Lipinski definition) is 2. The van der Waals surface area contributed by atoms with Gasteiger partial charge in [0.15, 0.2) is 0 Å². The minimum absolute atomic E-state index is 0.212. The maximum absolute atomic E-state index is 11.9. The van der Waals surface area contributed by atoms with Gasteiger partial charge in [0, 0.05) is 24.4 Å². The molecule has 0 bridgehead atoms. The van der Waals surface area contributed by atoms with Crippen LogP contribution in [0.1, 0.15) is 30.4 Å². The van der Waals surface area contributed by atoms with Crippen LogP contribution in [0.2, 0.25) is 0 Å². The third-order valence-corrected chi connectivity index (χ3v) is 4.06. The molecule has 2 aromatic rings. The molecule has 6 nitrogen and oxygen atoms in total. The number of furan rings is 1. The molecule has 1 aromatic heterocycles. The molecule has 25 heavy (non-hydrogen) atoms. The van der Waals surface area contributed by atoms with E-state index in [1.54, 1.807) is 12.5 Å². The van der Waals surface area contributed by atoms with Crippen LogP contribution in [-0.4, -0.2) is 25.3 Å². The van der Waals surface area contributed by atoms with Gasteiger partial charge in [0.2, 0.25) is 0 Å². The van der Waals surface area contributed by atoms with E-state index < -0.39 is 0 Å². The van der Waals surface area contributed by atoms with Gasteiger partial charge < -0.3 is 24.5 Å². The first-order chi connectivity index (χ1) is 12.3. The Morgan fingerprint density at radius 3 is 3.00 bits per heavy atom. The lowest BCUT2D eigenvalue weighted by Gasteiger charge is -2.22. The molecule has 1 saturated heterocycles. The van der Waals surface area contributed by atoms with Crippen LogP contribution in [0.5, 0.6) is 0 Å². The molecule has 1 aliphatic rings. The largest absolute Gasteiger partial charge is 0.472 e. The molecular weight excluding hydrogens is 320 g/mol. The number of carbonyl (C=O) groups is 1. The second kappa shape index (κ2) is 9.25. The lowest BCUT2D eigenvalue weighted by molar-refractivity contribution is -0.0447. The van der Waals surface area contributed by atoms with E-state index in [0.717, 1.165) is 36.3 Å². The van der Waals surface area contributed by atoms with Crippen molar-refractivity contribution >= 4 is 11.7 Å². The predicted octanol–water partition coefficient (Wildman–Crippen LogP) is 3.69. The van der Waals surface area contributed by atoms with E-state index in [9.17, 15) is 4.79 Å². The van der Waals surface area contributed by atoms with Crippen molar-refractivity contribution < 1.29 is 18.7 Å². The summed E-state index contributed by atoms with van der Waals surface area (Å²) in [5.41, 5.74) is 2.67. The third-order valence-electron chi connectivity index (χ3n) is 4.06. The van der Waals surface area contributed by atoms with Crippen LogP contribution in [0.25, 0.3) is 0 Å². The van der Waals surface area contributed by atoms with Crippen molar-refractivity contribution in [2.24, 2.45) is 0 Å². The van der Waals surface area contributed by atoms with E-state index >= 15 is 0 Å². The molecule has 0 spiro atoms. The maximum atomic E-state index is 11.9. The van der Waals surface area contributed by atoms with E-state index in [1.807, 2.05) is 30.3 Å². The molecule has 0 aliphatic carbocycles. The predicted molar refractivity (Wildman–Crippen MR) is 94.3 cm³/mol. The first-order valence-electron chi connectivity index (χ1n) is 8.64. The number of anilines is 1. The van der Waals surface area contributed by atoms with Gasteiger partial charge in [0.05, 0.1) is 31.8 Å². The van der Waals surface area contributed by atoms with Crippen LogP contribution in [0, 0.1) is 0 Å². The Labute approximate surface area is 147 Å². The Kier molecular flexibility index (Phi) is 6.48. The Bertz CT molecular complexity index is 651. The lowest BCUT2D eigenvalue weighted by Crippen LogP contribution is -2.28. The molecule has 0 saturated carbocycles. The fourth-order valence-corrected chi connectivity index (χ4v) is 2.74. The van der Waals surface area contributed by atoms with E-state index in [0.29, 0.717) is 19.8 Å². The second-order valence-corrected chi connectivity index (χ2v) is 6.14. The highest BCUT2D eigenvalue weighted by atomic mass is 16.5. The number of hydrogen-bond acceptors (Lipinski definition) is 4. The van der Waals surface area contributed by atoms with Gasteiger partial charge >= 0.3 is 6.03 Å². The second-order valence-electron chi connectivity index (χ2n) is 6.14. The Morgan fingerprint density at radius 2 is 2.20 bits per heavy atom. The van der Waals surface area contributed by atoms with E-state index in [1.165, 1.54) is 6.42 Å². The van der Waals surface area contributed by atoms with Crippen molar-refractivity contribution in [3.8, 4) is 0 Å². The number of carbonyl (C=O) groups excluding carboxylic acids is 1. The fourth-order valence-electron chi connectivity index (χ4n) is 2.74. The molecule has 1 aromatic carbocycles. The van der Waals surface area contributed by atoms with Crippen molar-refractivity contribution in [2.45, 2.75) is 38.5 Å². The summed E-state index contributed by atoms with van der Waals surface area (Å²) in [5.74, 6) is 0. The molecule has 1 atom stereocenters. The summed E-state index contributed by atoms with van der Waals surface area (Å²) in [6, 6.07) is 9.21. The van der Waals surface area contributed by atoms with E-state index in [2.05, 4.69) is 10.6 Å². The third kappa shape index (κ3) is 5.92. The summed E-state index contributed by atoms with van der Waals surface area (Å²) in [6.07, 6.45) is 6.82. The number of nitrogens with one attached hydrogen (secondary N) is 2. The highest BCUT2D eigenvalue weighted by molar-refractivity contribution is 5.89. The Hall–Kier alpha value is -2.31. The molecule has 6 heteroatoms. The minimum Gasteiger partial charge on any atom is -0.472 e. The SMILES string of the molecule is O=C(NCc1ccoc1)Nc1cccc(COCC2CCCCO2)c1. The fraction of sp³-hybridized carbons (Fsp3) is 0.421. The lowest BCUT2D eigenvalue weighted by atomic mass is 10.1. The van der Waals surface area contributed by atoms with Crippen molar-refractivity contribution in [1.82, 2.24) is 5.32 Å². The summed E-state index contributed by atoms with van der Waals surface area (Å²) in [4.78, 5) is 11.9. The number of amides is 2. The Balaban J connectivity index is 1.41. The normalized spacial score (nSPS) is 17.2. The van der Waals surface area contributed by atoms with Crippen LogP contribution in [0.4, 0.5) is 10.5 Å². The van der Waals surface area contributed by atoms with Gasteiger partial charge in [-0.2, -0.15) is 0 Å². The zero-order chi connectivity index (χ0) is 17.3. The van der Waals surface area contributed by atoms with Crippen LogP contribution >= 0.6 is 0 Å². The first-order valence-corrected chi connectivity index (χ1v) is 8.64. The highest BCUT2D eigenvalue weighted by Gasteiger charge is 2.13. The standard InChI is InChI=1S/C19H24N2O4/c22-19(20-11-16-7-9-23-13-16)21-17-5-3-4-15(10-17)12-24-14-18-6-1-2-8-25-18/h3-5,7,9-10,13,18H,1-2,6,8,11-12,14H2,(H2,20,21,22). The van der Waals surface area contributed by atoms with Crippen LogP contribution < -0.4 is 10.6 Å². The topological polar surface area (TPSA) is 72.7 Å². The van der Waals surface area contributed by atoms with Gasteiger partial charge in [-0.25, -0.2) is 4.79 Å². The number of benzene rings is 1.